The largest absolute Gasteiger partial charge is 0.483 e. The molecular formula is C25H27F3N4O4S2. The predicted molar refractivity (Wildman–Crippen MR) is 144 cm³/mol. The molecule has 1 N–H and O–H groups in total. The van der Waals surface area contributed by atoms with Crippen LogP contribution in [0.2, 0.25) is 0 Å². The van der Waals surface area contributed by atoms with Crippen molar-refractivity contribution in [1.29, 1.82) is 5.26 Å². The molecule has 204 valence electrons. The smallest absolute Gasteiger partial charge is 0.428 e. The van der Waals surface area contributed by atoms with Crippen LogP contribution in [0.1, 0.15) is 50.1 Å². The number of halogens is 3. The molecule has 1 atom stereocenters. The number of carbonyl (C=O) groups is 2. The number of pyridine rings is 1. The number of ether oxygens (including phenoxy) is 1. The van der Waals surface area contributed by atoms with Crippen molar-refractivity contribution in [2.45, 2.75) is 45.0 Å². The number of nitriles is 1. The number of aromatic nitrogens is 1. The number of carboxylic acid groups (broad SMARTS) is 1. The van der Waals surface area contributed by atoms with Crippen LogP contribution in [0.4, 0.5) is 17.5 Å². The molecule has 1 aromatic carbocycles. The fraction of sp³-hybridized carbons (Fsp3) is 0.320. The van der Waals surface area contributed by atoms with E-state index < -0.39 is 23.3 Å². The Bertz CT molecular complexity index is 1200. The lowest BCUT2D eigenvalue weighted by Gasteiger charge is -2.25. The van der Waals surface area contributed by atoms with E-state index in [-0.39, 0.29) is 41.3 Å². The van der Waals surface area contributed by atoms with Crippen LogP contribution >= 0.6 is 24.1 Å². The van der Waals surface area contributed by atoms with E-state index in [1.165, 1.54) is 49.7 Å². The number of benzene rings is 1. The zero-order valence-electron chi connectivity index (χ0n) is 21.3. The van der Waals surface area contributed by atoms with Crippen LogP contribution in [0.5, 0.6) is 0 Å². The van der Waals surface area contributed by atoms with Gasteiger partial charge in [-0.1, -0.05) is 24.8 Å². The molecule has 2 rings (SSSR count). The highest BCUT2D eigenvalue weighted by molar-refractivity contribution is 8.15. The molecule has 0 saturated heterocycles. The van der Waals surface area contributed by atoms with Gasteiger partial charge in [0, 0.05) is 18.5 Å². The van der Waals surface area contributed by atoms with Crippen molar-refractivity contribution in [2.75, 3.05) is 7.05 Å². The van der Waals surface area contributed by atoms with Crippen molar-refractivity contribution in [3.8, 4) is 6.07 Å². The highest BCUT2D eigenvalue weighted by atomic mass is 32.2. The lowest BCUT2D eigenvalue weighted by molar-refractivity contribution is -0.122. The molecule has 0 fully saturated rings. The predicted octanol–water partition coefficient (Wildman–Crippen LogP) is 6.68. The van der Waals surface area contributed by atoms with Gasteiger partial charge >= 0.3 is 6.09 Å². The molecule has 0 saturated carbocycles. The molecule has 1 unspecified atom stereocenters. The second-order valence-corrected chi connectivity index (χ2v) is 10.4. The van der Waals surface area contributed by atoms with Gasteiger partial charge in [-0.05, 0) is 68.7 Å². The standard InChI is InChI=1S/C24H25F3N4O2S2.CH2O2/c1-15(34-22(29-5)31(35-27)23(32)33-24(2,3)4)10-18-11-16(6-8-19(18)25)12-20(26)21-9-7-17(13-28)14-30-21;2-1-3/h6-9,11-12,14-15H,10H2,1-5H3;1H,(H,2,3)/b20-12-,29-22?;. The summed E-state index contributed by atoms with van der Waals surface area (Å²) in [6.45, 7) is 6.51. The molecular weight excluding hydrogens is 541 g/mol. The average molecular weight is 569 g/mol. The summed E-state index contributed by atoms with van der Waals surface area (Å²) in [4.78, 5) is 28.6. The number of hydrogen-bond acceptors (Lipinski definition) is 8. The molecule has 8 nitrogen and oxygen atoms in total. The first-order valence-electron chi connectivity index (χ1n) is 10.9. The fourth-order valence-electron chi connectivity index (χ4n) is 2.82. The number of nitrogens with zero attached hydrogens (tertiary/aromatic N) is 4. The van der Waals surface area contributed by atoms with Gasteiger partial charge in [-0.25, -0.2) is 13.6 Å². The monoisotopic (exact) mass is 568 g/mol. The van der Waals surface area contributed by atoms with Crippen LogP contribution in [-0.4, -0.2) is 50.0 Å². The Morgan fingerprint density at radius 2 is 2.00 bits per heavy atom. The fourth-order valence-corrected chi connectivity index (χ4v) is 4.17. The van der Waals surface area contributed by atoms with Gasteiger partial charge in [0.15, 0.2) is 17.5 Å². The van der Waals surface area contributed by atoms with Gasteiger partial charge < -0.3 is 9.84 Å². The zero-order valence-corrected chi connectivity index (χ0v) is 22.9. The Morgan fingerprint density at radius 1 is 1.34 bits per heavy atom. The topological polar surface area (TPSA) is 116 Å². The number of hydrogen-bond donors (Lipinski definition) is 1. The lowest BCUT2D eigenvalue weighted by Crippen LogP contribution is -2.35. The van der Waals surface area contributed by atoms with Crippen LogP contribution in [0.3, 0.4) is 0 Å². The molecule has 0 spiro atoms. The minimum atomic E-state index is -0.907. The second kappa shape index (κ2) is 15.7. The van der Waals surface area contributed by atoms with E-state index in [1.54, 1.807) is 27.7 Å². The van der Waals surface area contributed by atoms with Crippen LogP contribution in [0.25, 0.3) is 11.9 Å². The highest BCUT2D eigenvalue weighted by Gasteiger charge is 2.28. The van der Waals surface area contributed by atoms with Gasteiger partial charge in [-0.3, -0.25) is 14.8 Å². The van der Waals surface area contributed by atoms with Crippen molar-refractivity contribution in [3.05, 3.63) is 64.7 Å². The summed E-state index contributed by atoms with van der Waals surface area (Å²) < 4.78 is 48.5. The van der Waals surface area contributed by atoms with Crippen molar-refractivity contribution in [3.63, 3.8) is 0 Å². The van der Waals surface area contributed by atoms with Gasteiger partial charge in [0.1, 0.15) is 23.3 Å². The maximum Gasteiger partial charge on any atom is 0.428 e. The van der Waals surface area contributed by atoms with Crippen molar-refractivity contribution in [1.82, 2.24) is 9.29 Å². The number of carbonyl (C=O) groups excluding carboxylic acids is 1. The quantitative estimate of drug-likeness (QED) is 0.178. The normalized spacial score (nSPS) is 12.5. The number of amidine groups is 1. The minimum absolute atomic E-state index is 0.0496. The number of thioether (sulfide) groups is 1. The first-order chi connectivity index (χ1) is 17.9. The maximum atomic E-state index is 14.6. The summed E-state index contributed by atoms with van der Waals surface area (Å²) in [6, 6.07) is 8.93. The molecule has 0 aliphatic carbocycles. The molecule has 1 aromatic heterocycles. The Morgan fingerprint density at radius 3 is 2.50 bits per heavy atom. The van der Waals surface area contributed by atoms with Crippen LogP contribution < -0.4 is 0 Å². The first kappa shape index (κ1) is 32.5. The SMILES string of the molecule is CN=C(SC(C)Cc1cc(/C=C(\F)c2ccc(C#N)cn2)ccc1F)N(SF)C(=O)OC(C)(C)C.O=CO. The highest BCUT2D eigenvalue weighted by Crippen LogP contribution is 2.28. The summed E-state index contributed by atoms with van der Waals surface area (Å²) in [7, 11) is 1.41. The summed E-state index contributed by atoms with van der Waals surface area (Å²) in [5.41, 5.74) is 0.268. The Hall–Kier alpha value is -3.50. The molecule has 1 heterocycles. The molecule has 0 aliphatic rings. The summed E-state index contributed by atoms with van der Waals surface area (Å²) in [5.74, 6) is -1.12. The van der Waals surface area contributed by atoms with Crippen molar-refractivity contribution < 1.29 is 32.1 Å². The number of amides is 1. The van der Waals surface area contributed by atoms with E-state index in [0.717, 1.165) is 11.8 Å². The van der Waals surface area contributed by atoms with Gasteiger partial charge in [0.25, 0.3) is 6.47 Å². The van der Waals surface area contributed by atoms with E-state index in [2.05, 4.69) is 9.98 Å². The summed E-state index contributed by atoms with van der Waals surface area (Å²) in [5, 5.41) is 15.5. The third kappa shape index (κ3) is 10.9. The Labute approximate surface area is 228 Å². The average Bonchev–Trinajstić information content (AvgIpc) is 2.85. The van der Waals surface area contributed by atoms with E-state index in [4.69, 9.17) is 19.9 Å². The van der Waals surface area contributed by atoms with E-state index >= 15 is 0 Å². The van der Waals surface area contributed by atoms with Crippen LogP contribution in [0, 0.1) is 17.1 Å². The summed E-state index contributed by atoms with van der Waals surface area (Å²) in [6.07, 6.45) is 1.78. The maximum absolute atomic E-state index is 14.6. The van der Waals surface area contributed by atoms with E-state index in [9.17, 15) is 17.5 Å². The Kier molecular flexibility index (Phi) is 13.4. The van der Waals surface area contributed by atoms with Gasteiger partial charge in [-0.2, -0.15) is 9.57 Å². The van der Waals surface area contributed by atoms with Crippen LogP contribution in [-0.2, 0) is 16.0 Å². The zero-order chi connectivity index (χ0) is 28.9. The lowest BCUT2D eigenvalue weighted by atomic mass is 10.0. The summed E-state index contributed by atoms with van der Waals surface area (Å²) >= 11 is 0.749. The van der Waals surface area contributed by atoms with Gasteiger partial charge in [-0.15, -0.1) is 3.89 Å². The molecule has 2 aromatic rings. The Balaban J connectivity index is 0.00000229. The molecule has 1 amide bonds. The van der Waals surface area contributed by atoms with Gasteiger partial charge in [0.2, 0.25) is 0 Å². The van der Waals surface area contributed by atoms with E-state index in [1.807, 2.05) is 6.07 Å². The number of rotatable bonds is 6. The number of aliphatic imine (C=N–C) groups is 1. The van der Waals surface area contributed by atoms with Crippen molar-refractivity contribution >= 4 is 53.7 Å². The molecule has 13 heteroatoms. The third-order valence-electron chi connectivity index (χ3n) is 4.31. The molecule has 0 bridgehead atoms. The minimum Gasteiger partial charge on any atom is -0.483 e. The van der Waals surface area contributed by atoms with Crippen LogP contribution in [0.15, 0.2) is 41.5 Å². The second-order valence-electron chi connectivity index (χ2n) is 8.47. The van der Waals surface area contributed by atoms with E-state index in [0.29, 0.717) is 21.0 Å². The van der Waals surface area contributed by atoms with Gasteiger partial charge in [0.05, 0.1) is 11.3 Å². The van der Waals surface area contributed by atoms with Crippen molar-refractivity contribution in [2.24, 2.45) is 4.99 Å². The first-order valence-corrected chi connectivity index (χ1v) is 12.5. The molecule has 0 aliphatic heterocycles. The third-order valence-corrected chi connectivity index (χ3v) is 6.03. The molecule has 38 heavy (non-hydrogen) atoms. The molecule has 0 radical (unpaired) electrons.